The monoisotopic (exact) mass is 700 g/mol. The Labute approximate surface area is 304 Å². The van der Waals surface area contributed by atoms with Crippen LogP contribution in [0.5, 0.6) is 11.5 Å². The van der Waals surface area contributed by atoms with Crippen LogP contribution in [0.4, 0.5) is 0 Å². The molecule has 4 aromatic carbocycles. The molecule has 0 saturated heterocycles. The molecule has 6 heteroatoms. The molecular weight excluding hydrogens is 657 g/mol. The topological polar surface area (TPSA) is 44.2 Å². The molecule has 2 aromatic heterocycles. The molecule has 0 bridgehead atoms. The van der Waals surface area contributed by atoms with E-state index in [1.54, 1.807) is 14.2 Å². The highest BCUT2D eigenvalue weighted by molar-refractivity contribution is 6.94. The molecule has 2 heterocycles. The van der Waals surface area contributed by atoms with Crippen molar-refractivity contribution in [2.75, 3.05) is 14.2 Å². The number of ether oxygens (including phenoxy) is 2. The number of methoxy groups -OCH3 is 2. The molecule has 254 valence electrons. The second kappa shape index (κ2) is 14.1. The van der Waals surface area contributed by atoms with E-state index < -0.39 is 16.1 Å². The van der Waals surface area contributed by atoms with E-state index >= 15 is 0 Å². The van der Waals surface area contributed by atoms with Gasteiger partial charge in [-0.15, -0.1) is 0 Å². The molecule has 7 rings (SSSR count). The SMILES string of the molecule is COc1ccc(/C(=C\[Si](C)(C)c2ccccn2)c2ccc3c(c2)Cc2cc(/C(=C/[Si](C)(C)c4ccccn4)c4ccc(OC)cc4)ccc2-3)cc1. The summed E-state index contributed by atoms with van der Waals surface area (Å²) in [6.07, 6.45) is 4.70. The van der Waals surface area contributed by atoms with Gasteiger partial charge in [-0.3, -0.25) is 9.97 Å². The van der Waals surface area contributed by atoms with E-state index in [4.69, 9.17) is 19.4 Å². The van der Waals surface area contributed by atoms with Crippen LogP contribution in [-0.2, 0) is 6.42 Å². The van der Waals surface area contributed by atoms with Crippen LogP contribution >= 0.6 is 0 Å². The van der Waals surface area contributed by atoms with Crippen LogP contribution in [0.3, 0.4) is 0 Å². The van der Waals surface area contributed by atoms with Gasteiger partial charge in [0.2, 0.25) is 0 Å². The molecule has 51 heavy (non-hydrogen) atoms. The second-order valence-corrected chi connectivity index (χ2v) is 22.9. The number of fused-ring (bicyclic) bond motifs is 3. The highest BCUT2D eigenvalue weighted by Crippen LogP contribution is 2.41. The number of nitrogens with zero attached hydrogens (tertiary/aromatic N) is 2. The first-order valence-corrected chi connectivity index (χ1v) is 23.7. The van der Waals surface area contributed by atoms with Crippen LogP contribution in [0.25, 0.3) is 22.3 Å². The molecule has 0 fully saturated rings. The van der Waals surface area contributed by atoms with E-state index in [-0.39, 0.29) is 0 Å². The molecule has 0 atom stereocenters. The normalized spacial score (nSPS) is 13.1. The molecule has 0 saturated carbocycles. The lowest BCUT2D eigenvalue weighted by Gasteiger charge is -2.21. The van der Waals surface area contributed by atoms with Gasteiger partial charge < -0.3 is 9.47 Å². The van der Waals surface area contributed by atoms with Crippen molar-refractivity contribution in [1.82, 2.24) is 9.97 Å². The summed E-state index contributed by atoms with van der Waals surface area (Å²) in [4.78, 5) is 9.56. The summed E-state index contributed by atoms with van der Waals surface area (Å²) in [5, 5.41) is 2.35. The number of benzene rings is 4. The van der Waals surface area contributed by atoms with Crippen LogP contribution in [0, 0.1) is 0 Å². The maximum Gasteiger partial charge on any atom is 0.128 e. The lowest BCUT2D eigenvalue weighted by atomic mass is 9.95. The molecule has 1 aliphatic rings. The quantitative estimate of drug-likeness (QED) is 0.134. The molecule has 6 aromatic rings. The van der Waals surface area contributed by atoms with Crippen LogP contribution < -0.4 is 20.1 Å². The summed E-state index contributed by atoms with van der Waals surface area (Å²) < 4.78 is 11.0. The molecule has 0 radical (unpaired) electrons. The Morgan fingerprint density at radius 3 is 1.25 bits per heavy atom. The van der Waals surface area contributed by atoms with E-state index in [1.807, 2.05) is 24.5 Å². The number of hydrogen-bond donors (Lipinski definition) is 0. The largest absolute Gasteiger partial charge is 0.497 e. The minimum Gasteiger partial charge on any atom is -0.497 e. The van der Waals surface area contributed by atoms with E-state index in [9.17, 15) is 0 Å². The summed E-state index contributed by atoms with van der Waals surface area (Å²) in [7, 11) is -0.656. The van der Waals surface area contributed by atoms with Crippen molar-refractivity contribution in [2.45, 2.75) is 32.6 Å². The Balaban J connectivity index is 1.28. The third-order valence-corrected chi connectivity index (χ3v) is 15.2. The van der Waals surface area contributed by atoms with E-state index in [0.29, 0.717) is 0 Å². The molecular formula is C45H44N2O2Si2. The predicted octanol–water partition coefficient (Wildman–Crippen LogP) is 9.24. The van der Waals surface area contributed by atoms with Crippen molar-refractivity contribution in [3.63, 3.8) is 0 Å². The fourth-order valence-electron chi connectivity index (χ4n) is 7.11. The van der Waals surface area contributed by atoms with Crippen LogP contribution in [0.15, 0.2) is 145 Å². The zero-order chi connectivity index (χ0) is 35.6. The highest BCUT2D eigenvalue weighted by Gasteiger charge is 2.27. The van der Waals surface area contributed by atoms with Gasteiger partial charge >= 0.3 is 0 Å². The number of aromatic nitrogens is 2. The molecule has 4 nitrogen and oxygen atoms in total. The van der Waals surface area contributed by atoms with Gasteiger partial charge in [0.15, 0.2) is 0 Å². The van der Waals surface area contributed by atoms with Gasteiger partial charge in [-0.05, 0) is 111 Å². The van der Waals surface area contributed by atoms with Gasteiger partial charge in [0.25, 0.3) is 0 Å². The van der Waals surface area contributed by atoms with Crippen molar-refractivity contribution < 1.29 is 9.47 Å². The Morgan fingerprint density at radius 2 is 0.902 bits per heavy atom. The minimum atomic E-state index is -2.04. The van der Waals surface area contributed by atoms with E-state index in [1.165, 1.54) is 66.3 Å². The Bertz CT molecular complexity index is 2070. The van der Waals surface area contributed by atoms with Crippen LogP contribution in [-0.4, -0.2) is 40.3 Å². The first kappa shape index (κ1) is 34.2. The lowest BCUT2D eigenvalue weighted by molar-refractivity contribution is 0.414. The minimum absolute atomic E-state index is 0.855. The predicted molar refractivity (Wildman–Crippen MR) is 218 cm³/mol. The Hall–Kier alpha value is -5.31. The standard InChI is InChI=1S/C45H44N2O2Si2/c1-48-38-19-13-32(14-20-38)42(30-50(3,4)44-11-7-9-25-46-44)34-17-23-40-36(27-34)29-37-28-35(18-24-41(37)40)43(33-15-21-39(49-2)22-16-33)31-51(5,6)45-12-8-10-26-47-45/h7-28,30-31H,29H2,1-6H3/b42-30+,43-31+. The maximum absolute atomic E-state index is 5.50. The molecule has 0 N–H and O–H groups in total. The number of hydrogen-bond acceptors (Lipinski definition) is 4. The summed E-state index contributed by atoms with van der Waals surface area (Å²) in [6.45, 7) is 9.48. The fraction of sp³-hybridized carbons (Fsp3) is 0.156. The molecule has 0 aliphatic heterocycles. The molecule has 0 amide bonds. The highest BCUT2D eigenvalue weighted by atomic mass is 28.3. The molecule has 1 aliphatic carbocycles. The first-order valence-electron chi connectivity index (χ1n) is 17.5. The Morgan fingerprint density at radius 1 is 0.510 bits per heavy atom. The second-order valence-electron chi connectivity index (χ2n) is 14.4. The molecule has 0 unspecified atom stereocenters. The summed E-state index contributed by atoms with van der Waals surface area (Å²) in [5.41, 5.74) is 17.6. The van der Waals surface area contributed by atoms with Crippen molar-refractivity contribution in [2.24, 2.45) is 0 Å². The number of rotatable bonds is 10. The summed E-state index contributed by atoms with van der Waals surface area (Å²) in [6, 6.07) is 43.4. The van der Waals surface area contributed by atoms with Gasteiger partial charge in [-0.2, -0.15) is 0 Å². The van der Waals surface area contributed by atoms with Gasteiger partial charge in [0.1, 0.15) is 27.6 Å². The van der Waals surface area contributed by atoms with Crippen molar-refractivity contribution in [1.29, 1.82) is 0 Å². The zero-order valence-electron chi connectivity index (χ0n) is 30.3. The van der Waals surface area contributed by atoms with Crippen molar-refractivity contribution >= 4 is 37.9 Å². The van der Waals surface area contributed by atoms with Crippen molar-refractivity contribution in [3.05, 3.63) is 179 Å². The first-order chi connectivity index (χ1) is 24.6. The summed E-state index contributed by atoms with van der Waals surface area (Å²) in [5.74, 6) is 1.71. The smallest absolute Gasteiger partial charge is 0.128 e. The van der Waals surface area contributed by atoms with Gasteiger partial charge in [0, 0.05) is 23.0 Å². The van der Waals surface area contributed by atoms with E-state index in [0.717, 1.165) is 17.9 Å². The van der Waals surface area contributed by atoms with Crippen LogP contribution in [0.1, 0.15) is 33.4 Å². The lowest BCUT2D eigenvalue weighted by Crippen LogP contribution is -2.41. The maximum atomic E-state index is 5.50. The van der Waals surface area contributed by atoms with Crippen LogP contribution in [0.2, 0.25) is 26.2 Å². The van der Waals surface area contributed by atoms with E-state index in [2.05, 4.69) is 147 Å². The summed E-state index contributed by atoms with van der Waals surface area (Å²) >= 11 is 0. The third-order valence-electron chi connectivity index (χ3n) is 9.97. The van der Waals surface area contributed by atoms with Crippen molar-refractivity contribution in [3.8, 4) is 22.6 Å². The zero-order valence-corrected chi connectivity index (χ0v) is 32.3. The van der Waals surface area contributed by atoms with Gasteiger partial charge in [-0.25, -0.2) is 0 Å². The van der Waals surface area contributed by atoms with Gasteiger partial charge in [0.05, 0.1) is 14.2 Å². The average molecular weight is 701 g/mol. The van der Waals surface area contributed by atoms with Gasteiger partial charge in [-0.1, -0.05) is 110 Å². The molecule has 0 spiro atoms. The fourth-order valence-corrected chi connectivity index (χ4v) is 11.4. The third kappa shape index (κ3) is 7.16. The average Bonchev–Trinajstić information content (AvgIpc) is 3.54. The Kier molecular flexibility index (Phi) is 9.47. The number of pyridine rings is 2.